The van der Waals surface area contributed by atoms with Crippen molar-refractivity contribution in [2.75, 3.05) is 0 Å². The molecule has 3 aromatic rings. The molecule has 0 atom stereocenters. The third kappa shape index (κ3) is 2.15. The minimum Gasteiger partial charge on any atom is -0.437 e. The predicted molar refractivity (Wildman–Crippen MR) is 72.9 cm³/mol. The van der Waals surface area contributed by atoms with Crippen molar-refractivity contribution in [2.45, 2.75) is 6.54 Å². The van der Waals surface area contributed by atoms with Crippen LogP contribution in [0.3, 0.4) is 0 Å². The second-order valence-corrected chi connectivity index (χ2v) is 4.29. The molecule has 5 heteroatoms. The van der Waals surface area contributed by atoms with Crippen LogP contribution in [0.4, 0.5) is 0 Å². The summed E-state index contributed by atoms with van der Waals surface area (Å²) in [5.74, 6) is 1.24. The van der Waals surface area contributed by atoms with E-state index >= 15 is 0 Å². The fraction of sp³-hybridized carbons (Fsp3) is 0.143. The predicted octanol–water partition coefficient (Wildman–Crippen LogP) is 2.22. The summed E-state index contributed by atoms with van der Waals surface area (Å²) in [5.41, 5.74) is 8.38. The van der Waals surface area contributed by atoms with Crippen LogP contribution in [0.2, 0.25) is 0 Å². The number of ether oxygens (including phenoxy) is 1. The SMILES string of the molecule is Cn1cnc2c(Oc3ccc(CN)cc3)nccc21. The fourth-order valence-electron chi connectivity index (χ4n) is 1.92. The summed E-state index contributed by atoms with van der Waals surface area (Å²) in [6, 6.07) is 9.55. The number of hydrogen-bond acceptors (Lipinski definition) is 4. The molecule has 19 heavy (non-hydrogen) atoms. The van der Waals surface area contributed by atoms with E-state index in [1.54, 1.807) is 12.5 Å². The Morgan fingerprint density at radius 1 is 1.16 bits per heavy atom. The molecule has 0 unspecified atom stereocenters. The molecule has 0 aliphatic rings. The molecule has 1 aromatic carbocycles. The lowest BCUT2D eigenvalue weighted by atomic mass is 10.2. The summed E-state index contributed by atoms with van der Waals surface area (Å²) in [6.45, 7) is 0.522. The van der Waals surface area contributed by atoms with E-state index in [2.05, 4.69) is 9.97 Å². The van der Waals surface area contributed by atoms with Gasteiger partial charge in [-0.2, -0.15) is 0 Å². The van der Waals surface area contributed by atoms with Gasteiger partial charge in [0.15, 0.2) is 5.52 Å². The molecule has 0 amide bonds. The Kier molecular flexibility index (Phi) is 2.89. The van der Waals surface area contributed by atoms with Crippen molar-refractivity contribution in [1.82, 2.24) is 14.5 Å². The van der Waals surface area contributed by atoms with Crippen LogP contribution in [-0.4, -0.2) is 14.5 Å². The van der Waals surface area contributed by atoms with Crippen molar-refractivity contribution in [2.24, 2.45) is 12.8 Å². The van der Waals surface area contributed by atoms with Gasteiger partial charge in [-0.05, 0) is 23.8 Å². The Bertz CT molecular complexity index is 703. The Morgan fingerprint density at radius 3 is 2.68 bits per heavy atom. The summed E-state index contributed by atoms with van der Waals surface area (Å²) in [7, 11) is 1.94. The molecule has 0 aliphatic carbocycles. The summed E-state index contributed by atoms with van der Waals surface area (Å²) in [6.07, 6.45) is 3.46. The third-order valence-electron chi connectivity index (χ3n) is 2.98. The summed E-state index contributed by atoms with van der Waals surface area (Å²) < 4.78 is 7.71. The average Bonchev–Trinajstić information content (AvgIpc) is 2.83. The zero-order valence-electron chi connectivity index (χ0n) is 10.6. The van der Waals surface area contributed by atoms with Gasteiger partial charge >= 0.3 is 0 Å². The van der Waals surface area contributed by atoms with Gasteiger partial charge in [0.05, 0.1) is 11.8 Å². The van der Waals surface area contributed by atoms with E-state index in [9.17, 15) is 0 Å². The van der Waals surface area contributed by atoms with E-state index in [1.807, 2.05) is 41.9 Å². The first kappa shape index (κ1) is 11.7. The van der Waals surface area contributed by atoms with Gasteiger partial charge in [0.1, 0.15) is 5.75 Å². The highest BCUT2D eigenvalue weighted by Gasteiger charge is 2.08. The first-order chi connectivity index (χ1) is 9.28. The Hall–Kier alpha value is -2.40. The molecule has 96 valence electrons. The molecular weight excluding hydrogens is 240 g/mol. The van der Waals surface area contributed by atoms with E-state index in [0.717, 1.165) is 22.3 Å². The number of benzene rings is 1. The monoisotopic (exact) mass is 254 g/mol. The number of rotatable bonds is 3. The third-order valence-corrected chi connectivity index (χ3v) is 2.98. The van der Waals surface area contributed by atoms with Crippen molar-refractivity contribution in [3.8, 4) is 11.6 Å². The molecule has 0 saturated carbocycles. The molecule has 0 fully saturated rings. The van der Waals surface area contributed by atoms with Gasteiger partial charge in [-0.25, -0.2) is 9.97 Å². The van der Waals surface area contributed by atoms with Crippen molar-refractivity contribution >= 4 is 11.0 Å². The van der Waals surface area contributed by atoms with Crippen LogP contribution < -0.4 is 10.5 Å². The molecule has 3 rings (SSSR count). The Balaban J connectivity index is 1.96. The van der Waals surface area contributed by atoms with Crippen molar-refractivity contribution in [3.05, 3.63) is 48.4 Å². The maximum absolute atomic E-state index is 5.78. The molecular formula is C14H14N4O. The normalized spacial score (nSPS) is 10.8. The van der Waals surface area contributed by atoms with Gasteiger partial charge in [-0.15, -0.1) is 0 Å². The van der Waals surface area contributed by atoms with E-state index < -0.39 is 0 Å². The van der Waals surface area contributed by atoms with Crippen LogP contribution in [-0.2, 0) is 13.6 Å². The highest BCUT2D eigenvalue weighted by Crippen LogP contribution is 2.26. The lowest BCUT2D eigenvalue weighted by Gasteiger charge is -2.06. The van der Waals surface area contributed by atoms with Crippen LogP contribution in [0, 0.1) is 0 Å². The maximum atomic E-state index is 5.78. The molecule has 0 spiro atoms. The fourth-order valence-corrected chi connectivity index (χ4v) is 1.92. The van der Waals surface area contributed by atoms with Crippen molar-refractivity contribution in [3.63, 3.8) is 0 Å². The van der Waals surface area contributed by atoms with Gasteiger partial charge in [-0.3, -0.25) is 0 Å². The second kappa shape index (κ2) is 4.70. The van der Waals surface area contributed by atoms with E-state index in [1.165, 1.54) is 0 Å². The van der Waals surface area contributed by atoms with Crippen LogP contribution in [0.25, 0.3) is 11.0 Å². The summed E-state index contributed by atoms with van der Waals surface area (Å²) >= 11 is 0. The highest BCUT2D eigenvalue weighted by molar-refractivity contribution is 5.80. The first-order valence-electron chi connectivity index (χ1n) is 6.01. The zero-order valence-corrected chi connectivity index (χ0v) is 10.6. The van der Waals surface area contributed by atoms with Crippen molar-refractivity contribution < 1.29 is 4.74 Å². The van der Waals surface area contributed by atoms with Gasteiger partial charge < -0.3 is 15.0 Å². The number of imidazole rings is 1. The number of hydrogen-bond donors (Lipinski definition) is 1. The van der Waals surface area contributed by atoms with Crippen LogP contribution in [0.5, 0.6) is 11.6 Å². The lowest BCUT2D eigenvalue weighted by Crippen LogP contribution is -1.96. The quantitative estimate of drug-likeness (QED) is 0.778. The second-order valence-electron chi connectivity index (χ2n) is 4.29. The minimum atomic E-state index is 0.513. The largest absolute Gasteiger partial charge is 0.437 e. The van der Waals surface area contributed by atoms with Gasteiger partial charge in [0, 0.05) is 19.8 Å². The van der Waals surface area contributed by atoms with Crippen molar-refractivity contribution in [1.29, 1.82) is 0 Å². The summed E-state index contributed by atoms with van der Waals surface area (Å²) in [5, 5.41) is 0. The average molecular weight is 254 g/mol. The maximum Gasteiger partial charge on any atom is 0.247 e. The van der Waals surface area contributed by atoms with Crippen LogP contribution in [0.1, 0.15) is 5.56 Å². The number of fused-ring (bicyclic) bond motifs is 1. The van der Waals surface area contributed by atoms with E-state index in [-0.39, 0.29) is 0 Å². The number of nitrogens with two attached hydrogens (primary N) is 1. The summed E-state index contributed by atoms with van der Waals surface area (Å²) in [4.78, 5) is 8.54. The smallest absolute Gasteiger partial charge is 0.247 e. The Morgan fingerprint density at radius 2 is 1.95 bits per heavy atom. The van der Waals surface area contributed by atoms with Gasteiger partial charge in [0.25, 0.3) is 0 Å². The molecule has 0 aliphatic heterocycles. The standard InChI is InChI=1S/C14H14N4O/c1-18-9-17-13-12(18)6-7-16-14(13)19-11-4-2-10(8-15)3-5-11/h2-7,9H,8,15H2,1H3. The molecule has 5 nitrogen and oxygen atoms in total. The molecule has 2 heterocycles. The van der Waals surface area contributed by atoms with Gasteiger partial charge in [0.2, 0.25) is 5.88 Å². The molecule has 0 radical (unpaired) electrons. The van der Waals surface area contributed by atoms with E-state index in [4.69, 9.17) is 10.5 Å². The van der Waals surface area contributed by atoms with Crippen LogP contribution >= 0.6 is 0 Å². The first-order valence-corrected chi connectivity index (χ1v) is 6.01. The number of pyridine rings is 1. The topological polar surface area (TPSA) is 66.0 Å². The van der Waals surface area contributed by atoms with Crippen LogP contribution in [0.15, 0.2) is 42.9 Å². The highest BCUT2D eigenvalue weighted by atomic mass is 16.5. The van der Waals surface area contributed by atoms with E-state index in [0.29, 0.717) is 12.4 Å². The van der Waals surface area contributed by atoms with Gasteiger partial charge in [-0.1, -0.05) is 12.1 Å². The molecule has 0 saturated heterocycles. The number of aromatic nitrogens is 3. The molecule has 2 aromatic heterocycles. The lowest BCUT2D eigenvalue weighted by molar-refractivity contribution is 0.468. The zero-order chi connectivity index (χ0) is 13.2. The number of aryl methyl sites for hydroxylation is 1. The Labute approximate surface area is 110 Å². The molecule has 0 bridgehead atoms. The number of nitrogens with zero attached hydrogens (tertiary/aromatic N) is 3. The molecule has 2 N–H and O–H groups in total. The minimum absolute atomic E-state index is 0.513.